The van der Waals surface area contributed by atoms with Crippen LogP contribution in [0.25, 0.3) is 0 Å². The van der Waals surface area contributed by atoms with Crippen LogP contribution in [0.3, 0.4) is 0 Å². The lowest BCUT2D eigenvalue weighted by Gasteiger charge is -2.10. The molecule has 0 aromatic heterocycles. The molecule has 2 rings (SSSR count). The van der Waals surface area contributed by atoms with Crippen LogP contribution < -0.4 is 5.32 Å². The van der Waals surface area contributed by atoms with Crippen molar-refractivity contribution in [2.45, 2.75) is 12.3 Å². The second kappa shape index (κ2) is 5.83. The van der Waals surface area contributed by atoms with Crippen LogP contribution in [0.5, 0.6) is 0 Å². The Morgan fingerprint density at radius 3 is 2.50 bits per heavy atom. The number of para-hydroxylation sites is 1. The average molecular weight is 304 g/mol. The molecule has 18 heavy (non-hydrogen) atoms. The van der Waals surface area contributed by atoms with Crippen LogP contribution in [-0.2, 0) is 5.33 Å². The minimum atomic E-state index is -0.0681. The average Bonchev–Trinajstić information content (AvgIpc) is 2.39. The van der Waals surface area contributed by atoms with Crippen LogP contribution in [0.1, 0.15) is 21.5 Å². The monoisotopic (exact) mass is 303 g/mol. The number of amides is 1. The van der Waals surface area contributed by atoms with Gasteiger partial charge in [-0.1, -0.05) is 52.3 Å². The molecule has 0 saturated carbocycles. The topological polar surface area (TPSA) is 29.1 Å². The molecule has 1 amide bonds. The molecule has 0 aliphatic carbocycles. The number of benzene rings is 2. The number of anilines is 1. The van der Waals surface area contributed by atoms with Crippen molar-refractivity contribution in [2.75, 3.05) is 5.32 Å². The lowest BCUT2D eigenvalue weighted by molar-refractivity contribution is 0.102. The smallest absolute Gasteiger partial charge is 0.255 e. The first-order valence-electron chi connectivity index (χ1n) is 5.73. The number of hydrogen-bond acceptors (Lipinski definition) is 1. The Morgan fingerprint density at radius 1 is 1.11 bits per heavy atom. The molecule has 0 spiro atoms. The number of carbonyl (C=O) groups is 1. The Balaban J connectivity index is 2.24. The fourth-order valence-electron chi connectivity index (χ4n) is 1.78. The van der Waals surface area contributed by atoms with Gasteiger partial charge in [0.05, 0.1) is 0 Å². The summed E-state index contributed by atoms with van der Waals surface area (Å²) in [7, 11) is 0. The number of halogens is 1. The van der Waals surface area contributed by atoms with Crippen molar-refractivity contribution >= 4 is 27.5 Å². The predicted octanol–water partition coefficient (Wildman–Crippen LogP) is 4.14. The molecule has 0 fully saturated rings. The molecule has 0 heterocycles. The van der Waals surface area contributed by atoms with E-state index in [2.05, 4.69) is 21.2 Å². The lowest BCUT2D eigenvalue weighted by atomic mass is 10.1. The molecule has 0 bridgehead atoms. The summed E-state index contributed by atoms with van der Waals surface area (Å²) in [4.78, 5) is 12.2. The molecule has 0 radical (unpaired) electrons. The van der Waals surface area contributed by atoms with E-state index in [1.165, 1.54) is 0 Å². The van der Waals surface area contributed by atoms with Gasteiger partial charge < -0.3 is 5.32 Å². The van der Waals surface area contributed by atoms with Gasteiger partial charge in [0.2, 0.25) is 0 Å². The number of hydrogen-bond donors (Lipinski definition) is 1. The van der Waals surface area contributed by atoms with E-state index in [1.54, 1.807) is 0 Å². The molecule has 1 N–H and O–H groups in total. The first-order chi connectivity index (χ1) is 8.72. The first kappa shape index (κ1) is 12.8. The molecule has 92 valence electrons. The van der Waals surface area contributed by atoms with Gasteiger partial charge in [0.15, 0.2) is 0 Å². The van der Waals surface area contributed by atoms with Gasteiger partial charge in [-0.25, -0.2) is 0 Å². The van der Waals surface area contributed by atoms with Crippen LogP contribution >= 0.6 is 15.9 Å². The zero-order valence-corrected chi connectivity index (χ0v) is 11.7. The summed E-state index contributed by atoms with van der Waals surface area (Å²) in [6, 6.07) is 15.3. The predicted molar refractivity (Wildman–Crippen MR) is 78.2 cm³/mol. The van der Waals surface area contributed by atoms with Crippen LogP contribution in [0.2, 0.25) is 0 Å². The van der Waals surface area contributed by atoms with Gasteiger partial charge >= 0.3 is 0 Å². The molecule has 0 saturated heterocycles. The second-order valence-electron chi connectivity index (χ2n) is 4.06. The maximum Gasteiger partial charge on any atom is 0.255 e. The Hall–Kier alpha value is -1.61. The Bertz CT molecular complexity index is 566. The zero-order valence-electron chi connectivity index (χ0n) is 10.1. The highest BCUT2D eigenvalue weighted by Gasteiger charge is 2.09. The van der Waals surface area contributed by atoms with E-state index in [0.717, 1.165) is 22.1 Å². The Labute approximate surface area is 115 Å². The zero-order chi connectivity index (χ0) is 13.0. The van der Waals surface area contributed by atoms with Crippen molar-refractivity contribution in [2.24, 2.45) is 0 Å². The Kier molecular flexibility index (Phi) is 4.15. The highest BCUT2D eigenvalue weighted by molar-refractivity contribution is 9.08. The number of rotatable bonds is 3. The van der Waals surface area contributed by atoms with E-state index >= 15 is 0 Å². The Morgan fingerprint density at radius 2 is 1.78 bits per heavy atom. The van der Waals surface area contributed by atoms with Gasteiger partial charge in [0.1, 0.15) is 0 Å². The minimum absolute atomic E-state index is 0.0681. The van der Waals surface area contributed by atoms with Crippen molar-refractivity contribution in [1.82, 2.24) is 0 Å². The van der Waals surface area contributed by atoms with Crippen LogP contribution in [0.15, 0.2) is 48.5 Å². The summed E-state index contributed by atoms with van der Waals surface area (Å²) < 4.78 is 0. The van der Waals surface area contributed by atoms with Crippen LogP contribution in [-0.4, -0.2) is 5.91 Å². The van der Waals surface area contributed by atoms with Crippen molar-refractivity contribution < 1.29 is 4.79 Å². The number of aryl methyl sites for hydroxylation is 1. The van der Waals surface area contributed by atoms with E-state index in [9.17, 15) is 4.79 Å². The van der Waals surface area contributed by atoms with E-state index in [1.807, 2.05) is 55.5 Å². The quantitative estimate of drug-likeness (QED) is 0.848. The fourth-order valence-corrected chi connectivity index (χ4v) is 2.27. The lowest BCUT2D eigenvalue weighted by Crippen LogP contribution is -2.14. The summed E-state index contributed by atoms with van der Waals surface area (Å²) in [6.07, 6.45) is 0. The summed E-state index contributed by atoms with van der Waals surface area (Å²) in [5.41, 5.74) is 3.61. The van der Waals surface area contributed by atoms with Crippen molar-refractivity contribution in [3.63, 3.8) is 0 Å². The molecule has 2 nitrogen and oxygen atoms in total. The van der Waals surface area contributed by atoms with E-state index in [0.29, 0.717) is 5.56 Å². The maximum atomic E-state index is 12.2. The van der Waals surface area contributed by atoms with Crippen molar-refractivity contribution in [1.29, 1.82) is 0 Å². The summed E-state index contributed by atoms with van der Waals surface area (Å²) >= 11 is 3.42. The van der Waals surface area contributed by atoms with Gasteiger partial charge in [-0.3, -0.25) is 4.79 Å². The van der Waals surface area contributed by atoms with Gasteiger partial charge in [0, 0.05) is 16.6 Å². The number of alkyl halides is 1. The molecule has 2 aromatic rings. The number of carbonyl (C=O) groups excluding carboxylic acids is 1. The molecule has 2 aromatic carbocycles. The molecule has 0 atom stereocenters. The summed E-state index contributed by atoms with van der Waals surface area (Å²) in [5, 5.41) is 3.67. The van der Waals surface area contributed by atoms with E-state index in [-0.39, 0.29) is 5.91 Å². The molecule has 0 aliphatic rings. The molecule has 0 unspecified atom stereocenters. The maximum absolute atomic E-state index is 12.2. The van der Waals surface area contributed by atoms with E-state index in [4.69, 9.17) is 0 Å². The summed E-state index contributed by atoms with van der Waals surface area (Å²) in [6.45, 7) is 1.94. The normalized spacial score (nSPS) is 10.1. The SMILES string of the molecule is Cc1ccccc1C(=O)Nc1ccccc1CBr. The fraction of sp³-hybridized carbons (Fsp3) is 0.133. The van der Waals surface area contributed by atoms with Gasteiger partial charge in [-0.2, -0.15) is 0 Å². The number of nitrogens with one attached hydrogen (secondary N) is 1. The first-order valence-corrected chi connectivity index (χ1v) is 6.85. The molecule has 0 aliphatic heterocycles. The molecular formula is C15H14BrNO. The second-order valence-corrected chi connectivity index (χ2v) is 4.62. The molecule has 3 heteroatoms. The standard InChI is InChI=1S/C15H14BrNO/c1-11-6-2-4-8-13(11)15(18)17-14-9-5-3-7-12(14)10-16/h2-9H,10H2,1H3,(H,17,18). The van der Waals surface area contributed by atoms with E-state index < -0.39 is 0 Å². The third kappa shape index (κ3) is 2.79. The van der Waals surface area contributed by atoms with Gasteiger partial charge in [-0.05, 0) is 30.2 Å². The largest absolute Gasteiger partial charge is 0.322 e. The highest BCUT2D eigenvalue weighted by atomic mass is 79.9. The van der Waals surface area contributed by atoms with Crippen molar-refractivity contribution in [3.05, 3.63) is 65.2 Å². The van der Waals surface area contributed by atoms with Crippen molar-refractivity contribution in [3.8, 4) is 0 Å². The van der Waals surface area contributed by atoms with Crippen LogP contribution in [0, 0.1) is 6.92 Å². The third-order valence-electron chi connectivity index (χ3n) is 2.80. The molecular weight excluding hydrogens is 290 g/mol. The van der Waals surface area contributed by atoms with Gasteiger partial charge in [-0.15, -0.1) is 0 Å². The van der Waals surface area contributed by atoms with Gasteiger partial charge in [0.25, 0.3) is 5.91 Å². The van der Waals surface area contributed by atoms with Crippen LogP contribution in [0.4, 0.5) is 5.69 Å². The minimum Gasteiger partial charge on any atom is -0.322 e. The summed E-state index contributed by atoms with van der Waals surface area (Å²) in [5.74, 6) is -0.0681. The third-order valence-corrected chi connectivity index (χ3v) is 3.40. The highest BCUT2D eigenvalue weighted by Crippen LogP contribution is 2.19.